The fraction of sp³-hybridized carbons (Fsp3) is 0.333. The van der Waals surface area contributed by atoms with Gasteiger partial charge in [0.1, 0.15) is 16.9 Å². The lowest BCUT2D eigenvalue weighted by Crippen LogP contribution is -2.20. The molecule has 0 aromatic carbocycles. The molecule has 0 saturated carbocycles. The van der Waals surface area contributed by atoms with Crippen LogP contribution in [0.3, 0.4) is 0 Å². The van der Waals surface area contributed by atoms with Crippen molar-refractivity contribution >= 4 is 17.4 Å². The SMILES string of the molecule is CC(CO)Nc1nccc(C#N)c1Cl. The highest BCUT2D eigenvalue weighted by Gasteiger charge is 2.08. The van der Waals surface area contributed by atoms with Crippen LogP contribution >= 0.6 is 11.6 Å². The molecule has 1 heterocycles. The highest BCUT2D eigenvalue weighted by Crippen LogP contribution is 2.22. The number of aliphatic hydroxyl groups is 1. The number of anilines is 1. The van der Waals surface area contributed by atoms with Gasteiger partial charge in [0.05, 0.1) is 12.2 Å². The largest absolute Gasteiger partial charge is 0.394 e. The van der Waals surface area contributed by atoms with Gasteiger partial charge in [-0.1, -0.05) is 11.6 Å². The molecular weight excluding hydrogens is 202 g/mol. The number of nitrogens with zero attached hydrogens (tertiary/aromatic N) is 2. The molecule has 14 heavy (non-hydrogen) atoms. The average Bonchev–Trinajstić information content (AvgIpc) is 2.21. The second-order valence-corrected chi connectivity index (χ2v) is 3.24. The molecule has 4 nitrogen and oxygen atoms in total. The van der Waals surface area contributed by atoms with Crippen LogP contribution in [0.5, 0.6) is 0 Å². The molecule has 0 amide bonds. The Morgan fingerprint density at radius 2 is 2.50 bits per heavy atom. The van der Waals surface area contributed by atoms with Crippen molar-refractivity contribution in [1.82, 2.24) is 4.98 Å². The Morgan fingerprint density at radius 3 is 3.07 bits per heavy atom. The summed E-state index contributed by atoms with van der Waals surface area (Å²) in [5, 5.41) is 20.7. The predicted molar refractivity (Wildman–Crippen MR) is 54.1 cm³/mol. The number of hydrogen-bond acceptors (Lipinski definition) is 4. The van der Waals surface area contributed by atoms with E-state index in [0.29, 0.717) is 11.4 Å². The Morgan fingerprint density at radius 1 is 1.79 bits per heavy atom. The van der Waals surface area contributed by atoms with E-state index >= 15 is 0 Å². The van der Waals surface area contributed by atoms with Crippen molar-refractivity contribution in [3.63, 3.8) is 0 Å². The second-order valence-electron chi connectivity index (χ2n) is 2.86. The first-order chi connectivity index (χ1) is 6.69. The van der Waals surface area contributed by atoms with Crippen LogP contribution in [0, 0.1) is 11.3 Å². The first-order valence-corrected chi connectivity index (χ1v) is 4.48. The van der Waals surface area contributed by atoms with Crippen molar-refractivity contribution in [3.05, 3.63) is 22.8 Å². The summed E-state index contributed by atoms with van der Waals surface area (Å²) < 4.78 is 0. The zero-order chi connectivity index (χ0) is 10.6. The second kappa shape index (κ2) is 4.80. The lowest BCUT2D eigenvalue weighted by atomic mass is 10.2. The summed E-state index contributed by atoms with van der Waals surface area (Å²) in [5.74, 6) is 0.423. The Bertz CT molecular complexity index is 362. The topological polar surface area (TPSA) is 68.9 Å². The first kappa shape index (κ1) is 10.8. The van der Waals surface area contributed by atoms with E-state index in [9.17, 15) is 0 Å². The third-order valence-corrected chi connectivity index (χ3v) is 2.05. The molecule has 74 valence electrons. The lowest BCUT2D eigenvalue weighted by molar-refractivity contribution is 0.281. The van der Waals surface area contributed by atoms with Crippen LogP contribution < -0.4 is 5.32 Å². The van der Waals surface area contributed by atoms with Crippen LogP contribution in [0.25, 0.3) is 0 Å². The molecule has 2 N–H and O–H groups in total. The van der Waals surface area contributed by atoms with Crippen LogP contribution in [-0.4, -0.2) is 22.7 Å². The van der Waals surface area contributed by atoms with Gasteiger partial charge in [-0.05, 0) is 13.0 Å². The Hall–Kier alpha value is -1.31. The Labute approximate surface area is 87.2 Å². The molecule has 1 unspecified atom stereocenters. The average molecular weight is 212 g/mol. The summed E-state index contributed by atoms with van der Waals surface area (Å²) in [6.07, 6.45) is 1.50. The van der Waals surface area contributed by atoms with E-state index in [1.165, 1.54) is 12.3 Å². The zero-order valence-electron chi connectivity index (χ0n) is 7.66. The van der Waals surface area contributed by atoms with Crippen LogP contribution in [0.4, 0.5) is 5.82 Å². The van der Waals surface area contributed by atoms with Crippen molar-refractivity contribution in [3.8, 4) is 6.07 Å². The van der Waals surface area contributed by atoms with E-state index in [2.05, 4.69) is 10.3 Å². The molecule has 1 aromatic heterocycles. The van der Waals surface area contributed by atoms with E-state index in [4.69, 9.17) is 22.0 Å². The van der Waals surface area contributed by atoms with E-state index in [0.717, 1.165) is 0 Å². The number of nitriles is 1. The molecule has 0 bridgehead atoms. The van der Waals surface area contributed by atoms with Crippen LogP contribution in [0.15, 0.2) is 12.3 Å². The molecule has 0 aliphatic heterocycles. The summed E-state index contributed by atoms with van der Waals surface area (Å²) in [7, 11) is 0. The summed E-state index contributed by atoms with van der Waals surface area (Å²) in [6, 6.07) is 3.35. The maximum absolute atomic E-state index is 8.82. The fourth-order valence-electron chi connectivity index (χ4n) is 0.910. The van der Waals surface area contributed by atoms with Crippen LogP contribution in [-0.2, 0) is 0 Å². The highest BCUT2D eigenvalue weighted by atomic mass is 35.5. The first-order valence-electron chi connectivity index (χ1n) is 4.11. The van der Waals surface area contributed by atoms with E-state index in [-0.39, 0.29) is 17.7 Å². The number of nitrogens with one attached hydrogen (secondary N) is 1. The minimum atomic E-state index is -0.144. The van der Waals surface area contributed by atoms with Gasteiger partial charge in [-0.2, -0.15) is 5.26 Å². The monoisotopic (exact) mass is 211 g/mol. The molecule has 0 radical (unpaired) electrons. The van der Waals surface area contributed by atoms with Gasteiger partial charge < -0.3 is 10.4 Å². The highest BCUT2D eigenvalue weighted by molar-refractivity contribution is 6.34. The van der Waals surface area contributed by atoms with Crippen molar-refractivity contribution in [1.29, 1.82) is 5.26 Å². The van der Waals surface area contributed by atoms with Crippen molar-refractivity contribution < 1.29 is 5.11 Å². The Balaban J connectivity index is 2.94. The van der Waals surface area contributed by atoms with E-state index in [1.807, 2.05) is 6.07 Å². The van der Waals surface area contributed by atoms with Gasteiger partial charge in [0.25, 0.3) is 0 Å². The lowest BCUT2D eigenvalue weighted by Gasteiger charge is -2.12. The Kier molecular flexibility index (Phi) is 3.69. The third-order valence-electron chi connectivity index (χ3n) is 1.67. The molecule has 1 rings (SSSR count). The summed E-state index contributed by atoms with van der Waals surface area (Å²) in [6.45, 7) is 1.77. The van der Waals surface area contributed by atoms with E-state index < -0.39 is 0 Å². The zero-order valence-corrected chi connectivity index (χ0v) is 8.41. The standard InChI is InChI=1S/C9H10ClN3O/c1-6(5-14)13-9-8(10)7(4-11)2-3-12-9/h2-3,6,14H,5H2,1H3,(H,12,13). The minimum Gasteiger partial charge on any atom is -0.394 e. The summed E-state index contributed by atoms with van der Waals surface area (Å²) in [4.78, 5) is 3.97. The third kappa shape index (κ3) is 2.34. The molecule has 0 aliphatic carbocycles. The maximum atomic E-state index is 8.82. The number of hydrogen-bond donors (Lipinski definition) is 2. The molecule has 1 atom stereocenters. The van der Waals surface area contributed by atoms with Crippen molar-refractivity contribution in [2.75, 3.05) is 11.9 Å². The number of halogens is 1. The predicted octanol–water partition coefficient (Wildman–Crippen LogP) is 1.40. The number of aromatic nitrogens is 1. The van der Waals surface area contributed by atoms with Gasteiger partial charge in [-0.25, -0.2) is 4.98 Å². The molecule has 0 saturated heterocycles. The quantitative estimate of drug-likeness (QED) is 0.793. The normalized spacial score (nSPS) is 11.9. The molecular formula is C9H10ClN3O. The van der Waals surface area contributed by atoms with Gasteiger partial charge in [-0.15, -0.1) is 0 Å². The number of rotatable bonds is 3. The van der Waals surface area contributed by atoms with Gasteiger partial charge in [0.15, 0.2) is 0 Å². The van der Waals surface area contributed by atoms with Crippen molar-refractivity contribution in [2.24, 2.45) is 0 Å². The van der Waals surface area contributed by atoms with Gasteiger partial charge in [-0.3, -0.25) is 0 Å². The van der Waals surface area contributed by atoms with Crippen molar-refractivity contribution in [2.45, 2.75) is 13.0 Å². The van der Waals surface area contributed by atoms with Gasteiger partial charge >= 0.3 is 0 Å². The van der Waals surface area contributed by atoms with E-state index in [1.54, 1.807) is 6.92 Å². The maximum Gasteiger partial charge on any atom is 0.146 e. The minimum absolute atomic E-state index is 0.0191. The smallest absolute Gasteiger partial charge is 0.146 e. The summed E-state index contributed by atoms with van der Waals surface area (Å²) >= 11 is 5.88. The number of pyridine rings is 1. The van der Waals surface area contributed by atoms with Gasteiger partial charge in [0, 0.05) is 12.2 Å². The number of aliphatic hydroxyl groups excluding tert-OH is 1. The van der Waals surface area contributed by atoms with Crippen LogP contribution in [0.1, 0.15) is 12.5 Å². The van der Waals surface area contributed by atoms with Gasteiger partial charge in [0.2, 0.25) is 0 Å². The molecule has 0 aliphatic rings. The molecule has 5 heteroatoms. The van der Waals surface area contributed by atoms with Crippen LogP contribution in [0.2, 0.25) is 5.02 Å². The molecule has 0 spiro atoms. The fourth-order valence-corrected chi connectivity index (χ4v) is 1.12. The molecule has 1 aromatic rings. The summed E-state index contributed by atoms with van der Waals surface area (Å²) in [5.41, 5.74) is 0.370. The molecule has 0 fully saturated rings.